The minimum Gasteiger partial charge on any atom is -0.384 e. The molecule has 0 aromatic heterocycles. The maximum atomic E-state index is 12.7. The van der Waals surface area contributed by atoms with E-state index in [1.54, 1.807) is 12.1 Å². The third-order valence-corrected chi connectivity index (χ3v) is 7.10. The standard InChI is InChI=1S/C22H33N5O3/c1-4-7-26-13-15(24-22(28)25(5-2)6-3)9-17-18-10-16(27(29)30)11-19-21(18)14(12-23-19)8-20(17)26/h10-11,14-15,17,20,23H,4-9,12-13H2,1-3H3,(H,24,28)/t14?,15-,17?,20+/m0/s1. The van der Waals surface area contributed by atoms with Gasteiger partial charge in [-0.25, -0.2) is 4.79 Å². The highest BCUT2D eigenvalue weighted by molar-refractivity contribution is 5.74. The molecular weight excluding hydrogens is 382 g/mol. The Hall–Kier alpha value is -2.35. The Kier molecular flexibility index (Phi) is 5.86. The maximum absolute atomic E-state index is 12.7. The topological polar surface area (TPSA) is 90.8 Å². The van der Waals surface area contributed by atoms with Gasteiger partial charge in [-0.1, -0.05) is 6.92 Å². The number of nitro groups is 1. The molecule has 3 aliphatic rings. The molecule has 2 unspecified atom stereocenters. The molecule has 1 saturated heterocycles. The van der Waals surface area contributed by atoms with E-state index in [2.05, 4.69) is 22.5 Å². The molecule has 1 fully saturated rings. The first-order valence-corrected chi connectivity index (χ1v) is 11.3. The number of benzene rings is 1. The SMILES string of the molecule is CCCN1C[C@@H](NC(=O)N(CC)CC)CC2c3cc([N+](=O)[O-])cc4c3C(CN4)C[C@H]21. The summed E-state index contributed by atoms with van der Waals surface area (Å²) in [7, 11) is 0. The van der Waals surface area contributed by atoms with Gasteiger partial charge in [0.15, 0.2) is 0 Å². The lowest BCUT2D eigenvalue weighted by atomic mass is 9.69. The van der Waals surface area contributed by atoms with Crippen LogP contribution in [0.5, 0.6) is 0 Å². The van der Waals surface area contributed by atoms with Crippen molar-refractivity contribution in [1.82, 2.24) is 15.1 Å². The van der Waals surface area contributed by atoms with Gasteiger partial charge in [0.1, 0.15) is 0 Å². The second-order valence-corrected chi connectivity index (χ2v) is 8.79. The van der Waals surface area contributed by atoms with Gasteiger partial charge < -0.3 is 15.5 Å². The number of nitro benzene ring substituents is 1. The second-order valence-electron chi connectivity index (χ2n) is 8.79. The number of fused-ring (bicyclic) bond motifs is 2. The zero-order valence-corrected chi connectivity index (χ0v) is 18.2. The predicted molar refractivity (Wildman–Crippen MR) is 117 cm³/mol. The van der Waals surface area contributed by atoms with Crippen LogP contribution in [0.2, 0.25) is 0 Å². The van der Waals surface area contributed by atoms with E-state index < -0.39 is 0 Å². The number of nitrogens with zero attached hydrogens (tertiary/aromatic N) is 3. The van der Waals surface area contributed by atoms with Crippen LogP contribution in [0, 0.1) is 10.1 Å². The van der Waals surface area contributed by atoms with Gasteiger partial charge in [0, 0.05) is 67.9 Å². The average Bonchev–Trinajstić information content (AvgIpc) is 3.13. The molecular formula is C22H33N5O3. The van der Waals surface area contributed by atoms with Gasteiger partial charge in [0.05, 0.1) is 4.92 Å². The first-order chi connectivity index (χ1) is 14.5. The summed E-state index contributed by atoms with van der Waals surface area (Å²) in [5, 5.41) is 18.2. The number of amides is 2. The molecule has 1 aromatic carbocycles. The van der Waals surface area contributed by atoms with E-state index in [1.165, 1.54) is 5.56 Å². The van der Waals surface area contributed by atoms with Crippen molar-refractivity contribution in [2.24, 2.45) is 0 Å². The fourth-order valence-corrected chi connectivity index (χ4v) is 5.79. The zero-order valence-electron chi connectivity index (χ0n) is 18.2. The molecule has 2 amide bonds. The van der Waals surface area contributed by atoms with E-state index in [9.17, 15) is 14.9 Å². The Balaban J connectivity index is 1.67. The Bertz CT molecular complexity index is 825. The summed E-state index contributed by atoms with van der Waals surface area (Å²) in [5.74, 6) is 0.621. The van der Waals surface area contributed by atoms with Crippen LogP contribution >= 0.6 is 0 Å². The number of hydrogen-bond acceptors (Lipinski definition) is 5. The average molecular weight is 416 g/mol. The van der Waals surface area contributed by atoms with E-state index in [-0.39, 0.29) is 28.6 Å². The third kappa shape index (κ3) is 3.62. The van der Waals surface area contributed by atoms with Crippen molar-refractivity contribution < 1.29 is 9.72 Å². The lowest BCUT2D eigenvalue weighted by molar-refractivity contribution is -0.384. The summed E-state index contributed by atoms with van der Waals surface area (Å²) in [6, 6.07) is 3.89. The van der Waals surface area contributed by atoms with Crippen molar-refractivity contribution in [2.75, 3.05) is 38.0 Å². The fraction of sp³-hybridized carbons (Fsp3) is 0.682. The maximum Gasteiger partial charge on any atom is 0.317 e. The number of rotatable bonds is 6. The lowest BCUT2D eigenvalue weighted by Crippen LogP contribution is -2.58. The molecule has 8 nitrogen and oxygen atoms in total. The van der Waals surface area contributed by atoms with Crippen LogP contribution in [0.3, 0.4) is 0 Å². The van der Waals surface area contributed by atoms with Gasteiger partial charge in [-0.15, -0.1) is 0 Å². The zero-order chi connectivity index (χ0) is 21.4. The van der Waals surface area contributed by atoms with Crippen LogP contribution in [0.4, 0.5) is 16.2 Å². The first-order valence-electron chi connectivity index (χ1n) is 11.3. The highest BCUT2D eigenvalue weighted by Crippen LogP contribution is 2.51. The Morgan fingerprint density at radius 2 is 2.07 bits per heavy atom. The minimum atomic E-state index is -0.290. The van der Waals surface area contributed by atoms with Crippen molar-refractivity contribution >= 4 is 17.4 Å². The molecule has 0 radical (unpaired) electrons. The van der Waals surface area contributed by atoms with Crippen molar-refractivity contribution in [3.05, 3.63) is 33.4 Å². The van der Waals surface area contributed by atoms with Gasteiger partial charge in [0.25, 0.3) is 5.69 Å². The van der Waals surface area contributed by atoms with Gasteiger partial charge >= 0.3 is 6.03 Å². The molecule has 0 spiro atoms. The smallest absolute Gasteiger partial charge is 0.317 e. The van der Waals surface area contributed by atoms with Crippen molar-refractivity contribution in [1.29, 1.82) is 0 Å². The highest BCUT2D eigenvalue weighted by atomic mass is 16.6. The molecule has 2 aliphatic heterocycles. The largest absolute Gasteiger partial charge is 0.384 e. The number of anilines is 1. The van der Waals surface area contributed by atoms with Crippen LogP contribution in [-0.4, -0.2) is 65.6 Å². The number of carbonyl (C=O) groups excluding carboxylic acids is 1. The van der Waals surface area contributed by atoms with Crippen LogP contribution in [0.1, 0.15) is 63.0 Å². The number of urea groups is 1. The molecule has 4 rings (SSSR count). The molecule has 0 saturated carbocycles. The van der Waals surface area contributed by atoms with Crippen LogP contribution < -0.4 is 10.6 Å². The quantitative estimate of drug-likeness (QED) is 0.548. The normalized spacial score (nSPS) is 27.0. The van der Waals surface area contributed by atoms with Gasteiger partial charge in [-0.05, 0) is 50.8 Å². The second kappa shape index (κ2) is 8.41. The van der Waals surface area contributed by atoms with E-state index in [0.717, 1.165) is 50.1 Å². The minimum absolute atomic E-state index is 0.0143. The number of non-ortho nitro benzene ring substituents is 1. The number of nitrogens with one attached hydrogen (secondary N) is 2. The monoisotopic (exact) mass is 415 g/mol. The Labute approximate surface area is 178 Å². The van der Waals surface area contributed by atoms with Gasteiger partial charge in [-0.3, -0.25) is 15.0 Å². The van der Waals surface area contributed by atoms with Gasteiger partial charge in [-0.2, -0.15) is 0 Å². The number of likely N-dealkylation sites (tertiary alicyclic amines) is 1. The summed E-state index contributed by atoms with van der Waals surface area (Å²) >= 11 is 0. The Morgan fingerprint density at radius 3 is 2.73 bits per heavy atom. The molecule has 1 aliphatic carbocycles. The molecule has 164 valence electrons. The third-order valence-electron chi connectivity index (χ3n) is 7.10. The molecule has 0 bridgehead atoms. The molecule has 30 heavy (non-hydrogen) atoms. The van der Waals surface area contributed by atoms with Crippen LogP contribution in [0.15, 0.2) is 12.1 Å². The van der Waals surface area contributed by atoms with E-state index >= 15 is 0 Å². The molecule has 2 N–H and O–H groups in total. The van der Waals surface area contributed by atoms with Gasteiger partial charge in [0.2, 0.25) is 0 Å². The highest BCUT2D eigenvalue weighted by Gasteiger charge is 2.46. The van der Waals surface area contributed by atoms with Crippen molar-refractivity contribution in [3.8, 4) is 0 Å². The Morgan fingerprint density at radius 1 is 1.30 bits per heavy atom. The van der Waals surface area contributed by atoms with E-state index in [4.69, 9.17) is 0 Å². The molecule has 1 aromatic rings. The van der Waals surface area contributed by atoms with Crippen molar-refractivity contribution in [3.63, 3.8) is 0 Å². The number of piperidine rings is 1. The summed E-state index contributed by atoms with van der Waals surface area (Å²) in [4.78, 5) is 28.3. The molecule has 2 heterocycles. The molecule has 8 heteroatoms. The molecule has 4 atom stereocenters. The fourth-order valence-electron chi connectivity index (χ4n) is 5.79. The van der Waals surface area contributed by atoms with Crippen molar-refractivity contribution in [2.45, 2.75) is 64.0 Å². The lowest BCUT2D eigenvalue weighted by Gasteiger charge is -2.49. The van der Waals surface area contributed by atoms with E-state index in [0.29, 0.717) is 25.0 Å². The summed E-state index contributed by atoms with van der Waals surface area (Å²) in [6.45, 7) is 10.2. The number of hydrogen-bond donors (Lipinski definition) is 2. The summed E-state index contributed by atoms with van der Waals surface area (Å²) < 4.78 is 0. The van der Waals surface area contributed by atoms with Crippen LogP contribution in [0.25, 0.3) is 0 Å². The summed E-state index contributed by atoms with van der Waals surface area (Å²) in [6.07, 6.45) is 2.96. The predicted octanol–water partition coefficient (Wildman–Crippen LogP) is 3.50. The number of carbonyl (C=O) groups is 1. The van der Waals surface area contributed by atoms with Crippen LogP contribution in [-0.2, 0) is 0 Å². The first kappa shape index (κ1) is 20.9. The summed E-state index contributed by atoms with van der Waals surface area (Å²) in [5.41, 5.74) is 3.48. The van der Waals surface area contributed by atoms with E-state index in [1.807, 2.05) is 18.7 Å².